The van der Waals surface area contributed by atoms with Crippen molar-refractivity contribution in [3.63, 3.8) is 0 Å². The number of amides is 1. The molecule has 0 aliphatic carbocycles. The second-order valence-corrected chi connectivity index (χ2v) is 6.38. The topological polar surface area (TPSA) is 98.9 Å². The molecular weight excluding hydrogens is 322 g/mol. The quantitative estimate of drug-likeness (QED) is 0.796. The Hall–Kier alpha value is -2.36. The fraction of sp³-hybridized carbons (Fsp3) is 0.462. The van der Waals surface area contributed by atoms with Crippen LogP contribution in [-0.2, 0) is 9.59 Å². The van der Waals surface area contributed by atoms with Crippen molar-refractivity contribution in [3.8, 4) is 11.8 Å². The summed E-state index contributed by atoms with van der Waals surface area (Å²) in [5.74, 6) is 0.544. The molecule has 0 N–H and O–H groups in total. The molecule has 0 saturated carbocycles. The van der Waals surface area contributed by atoms with Gasteiger partial charge in [0.2, 0.25) is 11.6 Å². The maximum atomic E-state index is 12.2. The van der Waals surface area contributed by atoms with E-state index in [2.05, 4.69) is 15.1 Å². The number of methoxy groups -OCH3 is 2. The normalized spacial score (nSPS) is 17.8. The van der Waals surface area contributed by atoms with Gasteiger partial charge < -0.3 is 9.47 Å². The van der Waals surface area contributed by atoms with Crippen LogP contribution >= 0.6 is 11.8 Å². The summed E-state index contributed by atoms with van der Waals surface area (Å²) in [6.45, 7) is 1.88. The van der Waals surface area contributed by atoms with Crippen LogP contribution < -0.4 is 14.4 Å². The molecule has 1 aliphatic heterocycles. The van der Waals surface area contributed by atoms with E-state index < -0.39 is 0 Å². The molecule has 1 unspecified atom stereocenters. The zero-order valence-corrected chi connectivity index (χ0v) is 13.7. The van der Waals surface area contributed by atoms with Crippen LogP contribution in [-0.4, -0.2) is 56.6 Å². The molecule has 2 aromatic heterocycles. The summed E-state index contributed by atoms with van der Waals surface area (Å²) < 4.78 is 11.7. The molecule has 9 nitrogen and oxygen atoms in total. The molecule has 1 saturated heterocycles. The van der Waals surface area contributed by atoms with Crippen molar-refractivity contribution >= 4 is 34.4 Å². The fourth-order valence-electron chi connectivity index (χ4n) is 2.40. The van der Waals surface area contributed by atoms with E-state index in [1.165, 1.54) is 36.8 Å². The third-order valence-corrected chi connectivity index (χ3v) is 4.34. The number of hydrogen-bond acceptors (Lipinski definition) is 8. The van der Waals surface area contributed by atoms with E-state index in [1.54, 1.807) is 0 Å². The maximum Gasteiger partial charge on any atom is 0.319 e. The molecule has 10 heteroatoms. The van der Waals surface area contributed by atoms with E-state index in [9.17, 15) is 9.59 Å². The van der Waals surface area contributed by atoms with Crippen LogP contribution in [0.2, 0.25) is 0 Å². The number of nitrogens with zero attached hydrogens (tertiary/aromatic N) is 5. The Morgan fingerprint density at radius 3 is 2.83 bits per heavy atom. The second-order valence-electron chi connectivity index (χ2n) is 4.90. The molecular formula is C13H15N5O4S. The molecule has 23 heavy (non-hydrogen) atoms. The number of hydrogen-bond donors (Lipinski definition) is 0. The molecule has 0 aromatic carbocycles. The standard InChI is InChI=1S/C13H15N5O4S/c1-7(19)23-8-4-10(20)17(6-8)12-15-11-9(21-2)5-14-13(22-3)18(11)16-12/h5,8H,4,6H2,1-3H3. The molecule has 0 radical (unpaired) electrons. The van der Waals surface area contributed by atoms with Crippen LogP contribution in [0, 0.1) is 0 Å². The summed E-state index contributed by atoms with van der Waals surface area (Å²) >= 11 is 1.16. The van der Waals surface area contributed by atoms with Crippen LogP contribution in [0.5, 0.6) is 11.8 Å². The maximum absolute atomic E-state index is 12.2. The zero-order chi connectivity index (χ0) is 16.6. The highest BCUT2D eigenvalue weighted by Gasteiger charge is 2.34. The lowest BCUT2D eigenvalue weighted by atomic mass is 10.4. The highest BCUT2D eigenvalue weighted by molar-refractivity contribution is 8.14. The van der Waals surface area contributed by atoms with Crippen molar-refractivity contribution in [3.05, 3.63) is 6.20 Å². The molecule has 3 heterocycles. The Balaban J connectivity index is 1.97. The Morgan fingerprint density at radius 2 is 2.17 bits per heavy atom. The summed E-state index contributed by atoms with van der Waals surface area (Å²) in [7, 11) is 2.97. The first kappa shape index (κ1) is 15.5. The van der Waals surface area contributed by atoms with E-state index in [0.29, 0.717) is 17.9 Å². The molecule has 122 valence electrons. The predicted octanol–water partition coefficient (Wildman–Crippen LogP) is 0.526. The lowest BCUT2D eigenvalue weighted by molar-refractivity contribution is -0.117. The van der Waals surface area contributed by atoms with Crippen LogP contribution in [0.4, 0.5) is 5.95 Å². The van der Waals surface area contributed by atoms with Gasteiger partial charge in [-0.2, -0.15) is 14.5 Å². The number of anilines is 1. The van der Waals surface area contributed by atoms with Gasteiger partial charge in [-0.3, -0.25) is 14.5 Å². The van der Waals surface area contributed by atoms with Crippen molar-refractivity contribution in [1.82, 2.24) is 19.6 Å². The van der Waals surface area contributed by atoms with Crippen LogP contribution in [0.3, 0.4) is 0 Å². The number of fused-ring (bicyclic) bond motifs is 1. The highest BCUT2D eigenvalue weighted by Crippen LogP contribution is 2.29. The predicted molar refractivity (Wildman–Crippen MR) is 82.9 cm³/mol. The molecule has 1 aliphatic rings. The Labute approximate surface area is 136 Å². The largest absolute Gasteiger partial charge is 0.491 e. The number of carbonyl (C=O) groups is 2. The second kappa shape index (κ2) is 6.03. The molecule has 3 rings (SSSR count). The number of thioether (sulfide) groups is 1. The number of carbonyl (C=O) groups excluding carboxylic acids is 2. The van der Waals surface area contributed by atoms with Crippen LogP contribution in [0.15, 0.2) is 6.20 Å². The van der Waals surface area contributed by atoms with E-state index >= 15 is 0 Å². The number of rotatable bonds is 4. The van der Waals surface area contributed by atoms with Crippen molar-refractivity contribution < 1.29 is 19.1 Å². The smallest absolute Gasteiger partial charge is 0.319 e. The van der Waals surface area contributed by atoms with Gasteiger partial charge >= 0.3 is 6.01 Å². The minimum Gasteiger partial charge on any atom is -0.491 e. The van der Waals surface area contributed by atoms with E-state index in [0.717, 1.165) is 11.8 Å². The van der Waals surface area contributed by atoms with Gasteiger partial charge in [-0.05, 0) is 0 Å². The summed E-state index contributed by atoms with van der Waals surface area (Å²) in [5, 5.41) is 4.18. The average molecular weight is 337 g/mol. The van der Waals surface area contributed by atoms with E-state index in [-0.39, 0.29) is 34.7 Å². The number of aromatic nitrogens is 4. The first-order valence-electron chi connectivity index (χ1n) is 6.84. The summed E-state index contributed by atoms with van der Waals surface area (Å²) in [4.78, 5) is 33.3. The van der Waals surface area contributed by atoms with Gasteiger partial charge in [0.15, 0.2) is 10.9 Å². The lowest BCUT2D eigenvalue weighted by Gasteiger charge is -2.10. The van der Waals surface area contributed by atoms with Gasteiger partial charge in [-0.15, -0.1) is 5.10 Å². The third-order valence-electron chi connectivity index (χ3n) is 3.36. The van der Waals surface area contributed by atoms with Crippen molar-refractivity contribution in [1.29, 1.82) is 0 Å². The summed E-state index contributed by atoms with van der Waals surface area (Å²) in [5.41, 5.74) is 0.407. The Morgan fingerprint density at radius 1 is 1.39 bits per heavy atom. The first-order chi connectivity index (χ1) is 11.0. The third kappa shape index (κ3) is 2.81. The van der Waals surface area contributed by atoms with Crippen LogP contribution in [0.1, 0.15) is 13.3 Å². The average Bonchev–Trinajstić information content (AvgIpc) is 3.09. The molecule has 1 atom stereocenters. The van der Waals surface area contributed by atoms with Crippen LogP contribution in [0.25, 0.3) is 5.65 Å². The zero-order valence-electron chi connectivity index (χ0n) is 12.8. The van der Waals surface area contributed by atoms with Crippen molar-refractivity contribution in [2.75, 3.05) is 25.7 Å². The van der Waals surface area contributed by atoms with Gasteiger partial charge in [0.1, 0.15) is 0 Å². The molecule has 1 amide bonds. The van der Waals surface area contributed by atoms with Gasteiger partial charge in [0.05, 0.1) is 20.4 Å². The summed E-state index contributed by atoms with van der Waals surface area (Å²) in [6.07, 6.45) is 1.76. The number of ether oxygens (including phenoxy) is 2. The highest BCUT2D eigenvalue weighted by atomic mass is 32.2. The lowest BCUT2D eigenvalue weighted by Crippen LogP contribution is -2.26. The molecule has 2 aromatic rings. The monoisotopic (exact) mass is 337 g/mol. The van der Waals surface area contributed by atoms with Gasteiger partial charge in [-0.25, -0.2) is 0 Å². The van der Waals surface area contributed by atoms with Gasteiger partial charge in [0.25, 0.3) is 5.95 Å². The summed E-state index contributed by atoms with van der Waals surface area (Å²) in [6, 6.07) is 0.237. The Bertz CT molecular complexity index is 736. The first-order valence-corrected chi connectivity index (χ1v) is 7.72. The van der Waals surface area contributed by atoms with Crippen molar-refractivity contribution in [2.45, 2.75) is 18.6 Å². The molecule has 1 fully saturated rings. The SMILES string of the molecule is COc1cnc(OC)n2nc(N3CC(SC(C)=O)CC3=O)nc12. The minimum atomic E-state index is -0.120. The van der Waals surface area contributed by atoms with E-state index in [4.69, 9.17) is 9.47 Å². The van der Waals surface area contributed by atoms with Gasteiger partial charge in [-0.1, -0.05) is 11.8 Å². The molecule has 0 bridgehead atoms. The Kier molecular flexibility index (Phi) is 4.07. The van der Waals surface area contributed by atoms with Gasteiger partial charge in [0, 0.05) is 25.1 Å². The van der Waals surface area contributed by atoms with Crippen molar-refractivity contribution in [2.24, 2.45) is 0 Å². The minimum absolute atomic E-state index is 0.0138. The fourth-order valence-corrected chi connectivity index (χ4v) is 3.32. The van der Waals surface area contributed by atoms with E-state index in [1.807, 2.05) is 0 Å². The molecule has 0 spiro atoms.